The fourth-order valence-corrected chi connectivity index (χ4v) is 1.70. The van der Waals surface area contributed by atoms with Gasteiger partial charge in [0.2, 0.25) is 0 Å². The van der Waals surface area contributed by atoms with Crippen molar-refractivity contribution in [2.24, 2.45) is 5.73 Å². The topological polar surface area (TPSA) is 26.0 Å². The molecule has 0 amide bonds. The minimum atomic E-state index is -3.01. The van der Waals surface area contributed by atoms with Crippen LogP contribution in [0.2, 0.25) is 10.0 Å². The van der Waals surface area contributed by atoms with Crippen molar-refractivity contribution in [3.05, 3.63) is 33.8 Å². The molecular formula is C11H13Cl2F2N. The number of rotatable bonds is 3. The highest BCUT2D eigenvalue weighted by atomic mass is 35.5. The first-order chi connectivity index (χ1) is 7.12. The molecule has 0 aliphatic heterocycles. The molecule has 0 aliphatic carbocycles. The fraction of sp³-hybridized carbons (Fsp3) is 0.455. The molecule has 16 heavy (non-hydrogen) atoms. The molecule has 0 saturated carbocycles. The number of halogens is 4. The van der Waals surface area contributed by atoms with Gasteiger partial charge in [0.25, 0.3) is 5.92 Å². The van der Waals surface area contributed by atoms with Gasteiger partial charge in [-0.1, -0.05) is 29.3 Å². The lowest BCUT2D eigenvalue weighted by Gasteiger charge is -2.26. The van der Waals surface area contributed by atoms with Crippen LogP contribution in [0.3, 0.4) is 0 Å². The van der Waals surface area contributed by atoms with E-state index in [0.29, 0.717) is 0 Å². The molecule has 1 nitrogen and oxygen atoms in total. The highest BCUT2D eigenvalue weighted by Gasteiger charge is 2.36. The lowest BCUT2D eigenvalue weighted by molar-refractivity contribution is -0.0295. The van der Waals surface area contributed by atoms with Crippen molar-refractivity contribution in [1.82, 2.24) is 0 Å². The summed E-state index contributed by atoms with van der Waals surface area (Å²) in [5.41, 5.74) is 4.47. The number of nitrogens with two attached hydrogens (primary N) is 1. The standard InChI is InChI=1S/C11H13Cl2F2N/c1-10(2,16)6-11(14,15)7-3-4-8(12)9(13)5-7/h3-5H,6,16H2,1-2H3. The molecule has 1 aromatic carbocycles. The van der Waals surface area contributed by atoms with E-state index in [4.69, 9.17) is 28.9 Å². The Morgan fingerprint density at radius 2 is 1.75 bits per heavy atom. The quantitative estimate of drug-likeness (QED) is 0.872. The Kier molecular flexibility index (Phi) is 3.83. The Hall–Kier alpha value is -0.380. The summed E-state index contributed by atoms with van der Waals surface area (Å²) in [6.45, 7) is 3.11. The van der Waals surface area contributed by atoms with E-state index in [9.17, 15) is 8.78 Å². The van der Waals surface area contributed by atoms with Crippen molar-refractivity contribution in [2.75, 3.05) is 0 Å². The van der Waals surface area contributed by atoms with Crippen molar-refractivity contribution in [1.29, 1.82) is 0 Å². The summed E-state index contributed by atoms with van der Waals surface area (Å²) in [6.07, 6.45) is -0.446. The molecule has 2 N–H and O–H groups in total. The van der Waals surface area contributed by atoms with Crippen LogP contribution in [0, 0.1) is 0 Å². The van der Waals surface area contributed by atoms with Crippen LogP contribution >= 0.6 is 23.2 Å². The minimum absolute atomic E-state index is 0.119. The van der Waals surface area contributed by atoms with E-state index in [0.717, 1.165) is 0 Å². The van der Waals surface area contributed by atoms with Gasteiger partial charge in [-0.3, -0.25) is 0 Å². The van der Waals surface area contributed by atoms with Crippen LogP contribution in [0.25, 0.3) is 0 Å². The van der Waals surface area contributed by atoms with E-state index in [2.05, 4.69) is 0 Å². The number of hydrogen-bond acceptors (Lipinski definition) is 1. The van der Waals surface area contributed by atoms with Crippen molar-refractivity contribution in [2.45, 2.75) is 31.7 Å². The van der Waals surface area contributed by atoms with E-state index in [-0.39, 0.29) is 15.6 Å². The van der Waals surface area contributed by atoms with Crippen LogP contribution in [-0.2, 0) is 5.92 Å². The molecule has 1 aromatic rings. The van der Waals surface area contributed by atoms with Gasteiger partial charge >= 0.3 is 0 Å². The molecule has 0 bridgehead atoms. The van der Waals surface area contributed by atoms with Gasteiger partial charge in [0.05, 0.1) is 10.0 Å². The predicted octanol–water partition coefficient (Wildman–Crippen LogP) is 4.21. The first-order valence-corrected chi connectivity index (χ1v) is 5.50. The van der Waals surface area contributed by atoms with Crippen LogP contribution in [0.4, 0.5) is 8.78 Å². The molecule has 90 valence electrons. The lowest BCUT2D eigenvalue weighted by Crippen LogP contribution is -2.38. The Bertz CT molecular complexity index is 386. The van der Waals surface area contributed by atoms with Gasteiger partial charge in [-0.05, 0) is 26.0 Å². The molecular weight excluding hydrogens is 255 g/mol. The van der Waals surface area contributed by atoms with Crippen LogP contribution in [0.15, 0.2) is 18.2 Å². The SMILES string of the molecule is CC(C)(N)CC(F)(F)c1ccc(Cl)c(Cl)c1. The Morgan fingerprint density at radius 1 is 1.19 bits per heavy atom. The number of alkyl halides is 2. The smallest absolute Gasteiger partial charge is 0.275 e. The highest BCUT2D eigenvalue weighted by molar-refractivity contribution is 6.42. The Balaban J connectivity index is 3.02. The predicted molar refractivity (Wildman–Crippen MR) is 63.2 cm³/mol. The second-order valence-corrected chi connectivity index (χ2v) is 5.31. The molecule has 1 rings (SSSR count). The van der Waals surface area contributed by atoms with E-state index >= 15 is 0 Å². The third kappa shape index (κ3) is 3.58. The van der Waals surface area contributed by atoms with Gasteiger partial charge in [-0.25, -0.2) is 8.78 Å². The summed E-state index contributed by atoms with van der Waals surface area (Å²) < 4.78 is 27.6. The first-order valence-electron chi connectivity index (χ1n) is 4.74. The second kappa shape index (κ2) is 4.47. The highest BCUT2D eigenvalue weighted by Crippen LogP contribution is 2.37. The first kappa shape index (κ1) is 13.7. The lowest BCUT2D eigenvalue weighted by atomic mass is 9.93. The van der Waals surface area contributed by atoms with Crippen molar-refractivity contribution in [3.63, 3.8) is 0 Å². The largest absolute Gasteiger partial charge is 0.325 e. The van der Waals surface area contributed by atoms with Crippen LogP contribution in [-0.4, -0.2) is 5.54 Å². The molecule has 0 aromatic heterocycles. The Morgan fingerprint density at radius 3 is 2.19 bits per heavy atom. The third-order valence-electron chi connectivity index (χ3n) is 2.02. The molecule has 0 radical (unpaired) electrons. The summed E-state index contributed by atoms with van der Waals surface area (Å²) in [6, 6.07) is 3.80. The zero-order valence-electron chi connectivity index (χ0n) is 9.03. The third-order valence-corrected chi connectivity index (χ3v) is 2.76. The fourth-order valence-electron chi connectivity index (χ4n) is 1.40. The maximum absolute atomic E-state index is 13.8. The molecule has 5 heteroatoms. The van der Waals surface area contributed by atoms with E-state index in [1.54, 1.807) is 13.8 Å². The Labute approximate surface area is 104 Å². The van der Waals surface area contributed by atoms with Gasteiger partial charge in [-0.2, -0.15) is 0 Å². The zero-order valence-corrected chi connectivity index (χ0v) is 10.5. The molecule has 0 aliphatic rings. The summed E-state index contributed by atoms with van der Waals surface area (Å²) in [5.74, 6) is -3.01. The van der Waals surface area contributed by atoms with Crippen LogP contribution < -0.4 is 5.73 Å². The second-order valence-electron chi connectivity index (χ2n) is 4.50. The van der Waals surface area contributed by atoms with Gasteiger partial charge in [0.1, 0.15) is 0 Å². The monoisotopic (exact) mass is 267 g/mol. The van der Waals surface area contributed by atoms with Crippen molar-refractivity contribution in [3.8, 4) is 0 Å². The van der Waals surface area contributed by atoms with Gasteiger partial charge in [0.15, 0.2) is 0 Å². The summed E-state index contributed by atoms with van der Waals surface area (Å²) >= 11 is 11.4. The molecule has 0 spiro atoms. The molecule has 0 saturated heterocycles. The minimum Gasteiger partial charge on any atom is -0.325 e. The van der Waals surface area contributed by atoms with Gasteiger partial charge < -0.3 is 5.73 Å². The van der Waals surface area contributed by atoms with Gasteiger partial charge in [0, 0.05) is 17.5 Å². The van der Waals surface area contributed by atoms with Crippen molar-refractivity contribution < 1.29 is 8.78 Å². The number of benzene rings is 1. The van der Waals surface area contributed by atoms with Crippen LogP contribution in [0.5, 0.6) is 0 Å². The maximum Gasteiger partial charge on any atom is 0.275 e. The van der Waals surface area contributed by atoms with Crippen molar-refractivity contribution >= 4 is 23.2 Å². The van der Waals surface area contributed by atoms with Gasteiger partial charge in [-0.15, -0.1) is 0 Å². The normalized spacial score (nSPS) is 12.9. The average molecular weight is 268 g/mol. The summed E-state index contributed by atoms with van der Waals surface area (Å²) in [5, 5.41) is 0.377. The van der Waals surface area contributed by atoms with E-state index < -0.39 is 17.9 Å². The average Bonchev–Trinajstić information content (AvgIpc) is 2.05. The summed E-state index contributed by atoms with van der Waals surface area (Å²) in [7, 11) is 0. The molecule has 0 heterocycles. The van der Waals surface area contributed by atoms with E-state index in [1.807, 2.05) is 0 Å². The van der Waals surface area contributed by atoms with E-state index in [1.165, 1.54) is 18.2 Å². The van der Waals surface area contributed by atoms with Crippen LogP contribution in [0.1, 0.15) is 25.8 Å². The summed E-state index contributed by atoms with van der Waals surface area (Å²) in [4.78, 5) is 0. The number of hydrogen-bond donors (Lipinski definition) is 1. The molecule has 0 fully saturated rings. The maximum atomic E-state index is 13.8. The molecule has 0 unspecified atom stereocenters. The zero-order chi connectivity index (χ0) is 12.6. The molecule has 0 atom stereocenters.